The average molecular weight is 155 g/mol. The summed E-state index contributed by atoms with van der Waals surface area (Å²) in [7, 11) is 1.85. The molecular weight excluding hydrogens is 138 g/mol. The van der Waals surface area contributed by atoms with Crippen LogP contribution < -0.4 is 5.43 Å². The molecule has 1 heterocycles. The Labute approximate surface area is 68.5 Å². The van der Waals surface area contributed by atoms with Gasteiger partial charge in [0.25, 0.3) is 0 Å². The lowest BCUT2D eigenvalue weighted by molar-refractivity contribution is 0.502. The fourth-order valence-corrected chi connectivity index (χ4v) is 1.48. The third-order valence-corrected chi connectivity index (χ3v) is 2.03. The number of likely N-dealkylation sites (tertiary alicyclic amines) is 1. The van der Waals surface area contributed by atoms with E-state index >= 15 is 0 Å². The van der Waals surface area contributed by atoms with E-state index < -0.39 is 0 Å². The summed E-state index contributed by atoms with van der Waals surface area (Å²) in [6.07, 6.45) is 3.67. The van der Waals surface area contributed by atoms with Crippen LogP contribution in [0.15, 0.2) is 5.10 Å². The smallest absolute Gasteiger partial charge is 0.124 e. The van der Waals surface area contributed by atoms with E-state index in [0.29, 0.717) is 0 Å². The van der Waals surface area contributed by atoms with Gasteiger partial charge < -0.3 is 10.3 Å². The molecule has 0 atom stereocenters. The van der Waals surface area contributed by atoms with Crippen molar-refractivity contribution in [2.75, 3.05) is 20.1 Å². The Morgan fingerprint density at radius 3 is 2.55 bits per heavy atom. The Kier molecular flexibility index (Phi) is 3.20. The Morgan fingerprint density at radius 1 is 1.45 bits per heavy atom. The average Bonchev–Trinajstić information content (AvgIpc) is 2.52. The van der Waals surface area contributed by atoms with Gasteiger partial charge in [0.2, 0.25) is 0 Å². The molecule has 1 rings (SSSR count). The molecule has 0 aliphatic carbocycles. The summed E-state index contributed by atoms with van der Waals surface area (Å²) in [6, 6.07) is 0. The molecular formula is C8H17N3. The first kappa shape index (κ1) is 8.37. The summed E-state index contributed by atoms with van der Waals surface area (Å²) in [6.45, 7) is 4.53. The van der Waals surface area contributed by atoms with Crippen LogP contribution >= 0.6 is 0 Å². The first-order valence-corrected chi connectivity index (χ1v) is 4.36. The van der Waals surface area contributed by atoms with E-state index in [-0.39, 0.29) is 0 Å². The SMILES string of the molecule is CCC(=NNC)N1CCCC1. The highest BCUT2D eigenvalue weighted by Gasteiger charge is 2.13. The second-order valence-electron chi connectivity index (χ2n) is 2.80. The van der Waals surface area contributed by atoms with Crippen LogP contribution in [0.4, 0.5) is 0 Å². The molecule has 0 aromatic carbocycles. The Morgan fingerprint density at radius 2 is 2.09 bits per heavy atom. The van der Waals surface area contributed by atoms with Gasteiger partial charge in [-0.1, -0.05) is 6.92 Å². The largest absolute Gasteiger partial charge is 0.359 e. The van der Waals surface area contributed by atoms with Crippen molar-refractivity contribution >= 4 is 5.84 Å². The van der Waals surface area contributed by atoms with Crippen molar-refractivity contribution in [3.63, 3.8) is 0 Å². The van der Waals surface area contributed by atoms with Gasteiger partial charge in [0.15, 0.2) is 0 Å². The van der Waals surface area contributed by atoms with Gasteiger partial charge in [0.1, 0.15) is 5.84 Å². The third kappa shape index (κ3) is 2.10. The zero-order valence-corrected chi connectivity index (χ0v) is 7.43. The topological polar surface area (TPSA) is 27.6 Å². The number of amidine groups is 1. The second kappa shape index (κ2) is 4.21. The number of nitrogens with one attached hydrogen (secondary N) is 1. The maximum absolute atomic E-state index is 4.22. The number of hydrazone groups is 1. The Balaban J connectivity index is 2.46. The fourth-order valence-electron chi connectivity index (χ4n) is 1.48. The fraction of sp³-hybridized carbons (Fsp3) is 0.875. The van der Waals surface area contributed by atoms with Crippen LogP contribution in [-0.4, -0.2) is 30.9 Å². The normalized spacial score (nSPS) is 19.1. The van der Waals surface area contributed by atoms with Crippen molar-refractivity contribution in [2.45, 2.75) is 26.2 Å². The molecule has 0 aromatic heterocycles. The molecule has 0 radical (unpaired) electrons. The number of nitrogens with zero attached hydrogens (tertiary/aromatic N) is 2. The summed E-state index contributed by atoms with van der Waals surface area (Å²) in [5.41, 5.74) is 2.84. The molecule has 11 heavy (non-hydrogen) atoms. The van der Waals surface area contributed by atoms with E-state index in [1.54, 1.807) is 0 Å². The van der Waals surface area contributed by atoms with Crippen molar-refractivity contribution in [2.24, 2.45) is 5.10 Å². The van der Waals surface area contributed by atoms with Crippen molar-refractivity contribution < 1.29 is 0 Å². The van der Waals surface area contributed by atoms with Crippen LogP contribution in [0.1, 0.15) is 26.2 Å². The number of hydrogen-bond donors (Lipinski definition) is 1. The third-order valence-electron chi connectivity index (χ3n) is 2.03. The zero-order chi connectivity index (χ0) is 8.10. The van der Waals surface area contributed by atoms with Gasteiger partial charge in [0.05, 0.1) is 0 Å². The molecule has 1 saturated heterocycles. The molecule has 0 bridgehead atoms. The molecule has 0 unspecified atom stereocenters. The number of rotatable bonds is 2. The van der Waals surface area contributed by atoms with Gasteiger partial charge in [-0.3, -0.25) is 0 Å². The Bertz CT molecular complexity index is 136. The highest BCUT2D eigenvalue weighted by Crippen LogP contribution is 2.09. The van der Waals surface area contributed by atoms with E-state index in [4.69, 9.17) is 0 Å². The Hall–Kier alpha value is -0.730. The monoisotopic (exact) mass is 155 g/mol. The van der Waals surface area contributed by atoms with E-state index in [9.17, 15) is 0 Å². The summed E-state index contributed by atoms with van der Waals surface area (Å²) >= 11 is 0. The van der Waals surface area contributed by atoms with Crippen LogP contribution in [0.3, 0.4) is 0 Å². The van der Waals surface area contributed by atoms with Crippen molar-refractivity contribution in [1.29, 1.82) is 0 Å². The van der Waals surface area contributed by atoms with Crippen LogP contribution in [0, 0.1) is 0 Å². The second-order valence-corrected chi connectivity index (χ2v) is 2.80. The summed E-state index contributed by atoms with van der Waals surface area (Å²) in [4.78, 5) is 2.36. The molecule has 0 amide bonds. The minimum absolute atomic E-state index is 1.03. The van der Waals surface area contributed by atoms with Crippen LogP contribution in [-0.2, 0) is 0 Å². The summed E-state index contributed by atoms with van der Waals surface area (Å²) < 4.78 is 0. The van der Waals surface area contributed by atoms with Gasteiger partial charge in [-0.2, -0.15) is 5.10 Å². The molecule has 1 fully saturated rings. The van der Waals surface area contributed by atoms with Crippen molar-refractivity contribution in [3.05, 3.63) is 0 Å². The van der Waals surface area contributed by atoms with Gasteiger partial charge in [-0.25, -0.2) is 0 Å². The molecule has 64 valence electrons. The minimum Gasteiger partial charge on any atom is -0.359 e. The zero-order valence-electron chi connectivity index (χ0n) is 7.43. The molecule has 0 saturated carbocycles. The lowest BCUT2D eigenvalue weighted by Crippen LogP contribution is -2.28. The predicted molar refractivity (Wildman–Crippen MR) is 47.6 cm³/mol. The van der Waals surface area contributed by atoms with Gasteiger partial charge in [-0.05, 0) is 12.8 Å². The van der Waals surface area contributed by atoms with Gasteiger partial charge in [0, 0.05) is 26.6 Å². The molecule has 1 aliphatic heterocycles. The standard InChI is InChI=1S/C8H17N3/c1-3-8(10-9-2)11-6-4-5-7-11/h9H,3-7H2,1-2H3. The van der Waals surface area contributed by atoms with E-state index in [2.05, 4.69) is 22.4 Å². The molecule has 0 spiro atoms. The molecule has 3 heteroatoms. The summed E-state index contributed by atoms with van der Waals surface area (Å²) in [5.74, 6) is 1.20. The lowest BCUT2D eigenvalue weighted by atomic mass is 10.4. The molecule has 3 nitrogen and oxygen atoms in total. The molecule has 0 aromatic rings. The van der Waals surface area contributed by atoms with Crippen molar-refractivity contribution in [1.82, 2.24) is 10.3 Å². The minimum atomic E-state index is 1.03. The highest BCUT2D eigenvalue weighted by molar-refractivity contribution is 5.81. The number of hydrogen-bond acceptors (Lipinski definition) is 2. The first-order valence-electron chi connectivity index (χ1n) is 4.36. The van der Waals surface area contributed by atoms with E-state index in [1.807, 2.05) is 7.05 Å². The van der Waals surface area contributed by atoms with Crippen LogP contribution in [0.2, 0.25) is 0 Å². The van der Waals surface area contributed by atoms with Crippen molar-refractivity contribution in [3.8, 4) is 0 Å². The molecule has 1 aliphatic rings. The van der Waals surface area contributed by atoms with Gasteiger partial charge in [-0.15, -0.1) is 0 Å². The lowest BCUT2D eigenvalue weighted by Gasteiger charge is -2.18. The quantitative estimate of drug-likeness (QED) is 0.366. The first-order chi connectivity index (χ1) is 5.38. The van der Waals surface area contributed by atoms with E-state index in [1.165, 1.54) is 31.8 Å². The van der Waals surface area contributed by atoms with Crippen LogP contribution in [0.25, 0.3) is 0 Å². The maximum Gasteiger partial charge on any atom is 0.124 e. The van der Waals surface area contributed by atoms with Crippen LogP contribution in [0.5, 0.6) is 0 Å². The summed E-state index contributed by atoms with van der Waals surface area (Å²) in [5, 5.41) is 4.22. The predicted octanol–water partition coefficient (Wildman–Crippen LogP) is 1.03. The van der Waals surface area contributed by atoms with Gasteiger partial charge >= 0.3 is 0 Å². The maximum atomic E-state index is 4.22. The van der Waals surface area contributed by atoms with E-state index in [0.717, 1.165) is 6.42 Å². The molecule has 1 N–H and O–H groups in total. The highest BCUT2D eigenvalue weighted by atomic mass is 15.3.